The second-order valence-corrected chi connectivity index (χ2v) is 4.34. The minimum Gasteiger partial charge on any atom is -0.396 e. The van der Waals surface area contributed by atoms with E-state index in [0.29, 0.717) is 12.3 Å². The van der Waals surface area contributed by atoms with Crippen molar-refractivity contribution in [2.24, 2.45) is 5.92 Å². The van der Waals surface area contributed by atoms with Gasteiger partial charge in [-0.05, 0) is 19.9 Å². The first-order valence-electron chi connectivity index (χ1n) is 5.79. The third-order valence-electron chi connectivity index (χ3n) is 2.93. The van der Waals surface area contributed by atoms with Crippen LogP contribution in [0, 0.1) is 5.92 Å². The number of rotatable bonds is 5. The minimum atomic E-state index is 0.201. The molecule has 1 saturated heterocycles. The molecule has 2 unspecified atom stereocenters. The van der Waals surface area contributed by atoms with Crippen molar-refractivity contribution in [1.29, 1.82) is 0 Å². The standard InChI is InChI=1S/C11H22N2O2/c1-3-12-9(2)6-11(15)13-5-4-10(7-13)8-14/h9-10,12,14H,3-8H2,1-2H3. The van der Waals surface area contributed by atoms with Crippen LogP contribution in [0.1, 0.15) is 26.7 Å². The molecule has 1 aliphatic rings. The number of amides is 1. The molecule has 1 aliphatic heterocycles. The fourth-order valence-electron chi connectivity index (χ4n) is 2.02. The highest BCUT2D eigenvalue weighted by atomic mass is 16.3. The van der Waals surface area contributed by atoms with Crippen LogP contribution in [0.5, 0.6) is 0 Å². The molecule has 0 aromatic heterocycles. The van der Waals surface area contributed by atoms with Gasteiger partial charge in [-0.3, -0.25) is 4.79 Å². The summed E-state index contributed by atoms with van der Waals surface area (Å²) in [6.45, 7) is 6.71. The number of hydrogen-bond donors (Lipinski definition) is 2. The minimum absolute atomic E-state index is 0.201. The Labute approximate surface area is 91.6 Å². The van der Waals surface area contributed by atoms with E-state index < -0.39 is 0 Å². The van der Waals surface area contributed by atoms with Crippen LogP contribution in [-0.4, -0.2) is 48.2 Å². The van der Waals surface area contributed by atoms with E-state index in [0.717, 1.165) is 26.1 Å². The largest absolute Gasteiger partial charge is 0.396 e. The van der Waals surface area contributed by atoms with Crippen LogP contribution in [0.3, 0.4) is 0 Å². The third kappa shape index (κ3) is 3.80. The molecule has 1 fully saturated rings. The second kappa shape index (κ2) is 6.08. The maximum absolute atomic E-state index is 11.8. The van der Waals surface area contributed by atoms with Gasteiger partial charge in [-0.2, -0.15) is 0 Å². The van der Waals surface area contributed by atoms with Crippen molar-refractivity contribution in [3.63, 3.8) is 0 Å². The Kier molecular flexibility index (Phi) is 5.05. The molecule has 0 bridgehead atoms. The molecule has 0 saturated carbocycles. The van der Waals surface area contributed by atoms with Crippen LogP contribution in [0.4, 0.5) is 0 Å². The highest BCUT2D eigenvalue weighted by molar-refractivity contribution is 5.77. The summed E-state index contributed by atoms with van der Waals surface area (Å²) in [6.07, 6.45) is 1.50. The van der Waals surface area contributed by atoms with Crippen molar-refractivity contribution in [3.05, 3.63) is 0 Å². The molecule has 0 aromatic rings. The molecule has 4 heteroatoms. The summed E-state index contributed by atoms with van der Waals surface area (Å²) in [7, 11) is 0. The van der Waals surface area contributed by atoms with E-state index in [1.807, 2.05) is 18.7 Å². The normalized spacial score (nSPS) is 23.1. The zero-order chi connectivity index (χ0) is 11.3. The Bertz CT molecular complexity index is 209. The Morgan fingerprint density at radius 1 is 1.67 bits per heavy atom. The van der Waals surface area contributed by atoms with Gasteiger partial charge in [-0.15, -0.1) is 0 Å². The van der Waals surface area contributed by atoms with Gasteiger partial charge in [0.25, 0.3) is 0 Å². The number of nitrogens with zero attached hydrogens (tertiary/aromatic N) is 1. The van der Waals surface area contributed by atoms with E-state index in [4.69, 9.17) is 5.11 Å². The highest BCUT2D eigenvalue weighted by Gasteiger charge is 2.25. The van der Waals surface area contributed by atoms with Crippen molar-refractivity contribution in [2.45, 2.75) is 32.7 Å². The molecule has 2 atom stereocenters. The van der Waals surface area contributed by atoms with Gasteiger partial charge in [-0.25, -0.2) is 0 Å². The number of likely N-dealkylation sites (tertiary alicyclic amines) is 1. The Morgan fingerprint density at radius 3 is 2.93 bits per heavy atom. The van der Waals surface area contributed by atoms with E-state index in [-0.39, 0.29) is 18.6 Å². The highest BCUT2D eigenvalue weighted by Crippen LogP contribution is 2.16. The van der Waals surface area contributed by atoms with Gasteiger partial charge in [0.1, 0.15) is 0 Å². The lowest BCUT2D eigenvalue weighted by molar-refractivity contribution is -0.130. The van der Waals surface area contributed by atoms with Gasteiger partial charge in [0.05, 0.1) is 0 Å². The van der Waals surface area contributed by atoms with Crippen molar-refractivity contribution in [2.75, 3.05) is 26.2 Å². The maximum Gasteiger partial charge on any atom is 0.224 e. The van der Waals surface area contributed by atoms with Crippen LogP contribution in [-0.2, 0) is 4.79 Å². The zero-order valence-corrected chi connectivity index (χ0v) is 9.70. The van der Waals surface area contributed by atoms with E-state index in [1.165, 1.54) is 0 Å². The monoisotopic (exact) mass is 214 g/mol. The molecule has 1 amide bonds. The van der Waals surface area contributed by atoms with Crippen LogP contribution >= 0.6 is 0 Å². The van der Waals surface area contributed by atoms with Crippen molar-refractivity contribution < 1.29 is 9.90 Å². The summed E-state index contributed by atoms with van der Waals surface area (Å²) in [5, 5.41) is 12.2. The van der Waals surface area contributed by atoms with Gasteiger partial charge < -0.3 is 15.3 Å². The summed E-state index contributed by atoms with van der Waals surface area (Å²) in [6, 6.07) is 0.246. The maximum atomic E-state index is 11.8. The third-order valence-corrected chi connectivity index (χ3v) is 2.93. The smallest absolute Gasteiger partial charge is 0.224 e. The first-order chi connectivity index (χ1) is 7.17. The summed E-state index contributed by atoms with van der Waals surface area (Å²) in [4.78, 5) is 13.7. The molecule has 88 valence electrons. The summed E-state index contributed by atoms with van der Waals surface area (Å²) in [5.74, 6) is 0.503. The van der Waals surface area contributed by atoms with Crippen LogP contribution in [0.15, 0.2) is 0 Å². The number of aliphatic hydroxyl groups is 1. The lowest BCUT2D eigenvalue weighted by Gasteiger charge is -2.19. The van der Waals surface area contributed by atoms with Crippen LogP contribution in [0.25, 0.3) is 0 Å². The number of hydrogen-bond acceptors (Lipinski definition) is 3. The number of carbonyl (C=O) groups is 1. The number of aliphatic hydroxyl groups excluding tert-OH is 1. The zero-order valence-electron chi connectivity index (χ0n) is 9.70. The SMILES string of the molecule is CCNC(C)CC(=O)N1CCC(CO)C1. The van der Waals surface area contributed by atoms with Gasteiger partial charge in [0, 0.05) is 38.1 Å². The predicted molar refractivity (Wildman–Crippen MR) is 59.5 cm³/mol. The van der Waals surface area contributed by atoms with Crippen molar-refractivity contribution in [3.8, 4) is 0 Å². The van der Waals surface area contributed by atoms with Crippen molar-refractivity contribution in [1.82, 2.24) is 10.2 Å². The Balaban J connectivity index is 2.29. The number of carbonyl (C=O) groups excluding carboxylic acids is 1. The fourth-order valence-corrected chi connectivity index (χ4v) is 2.02. The molecule has 0 radical (unpaired) electrons. The first kappa shape index (κ1) is 12.5. The molecule has 0 aliphatic carbocycles. The topological polar surface area (TPSA) is 52.6 Å². The summed E-state index contributed by atoms with van der Waals surface area (Å²) in [5.41, 5.74) is 0. The van der Waals surface area contributed by atoms with E-state index in [9.17, 15) is 4.79 Å². The molecule has 0 spiro atoms. The Morgan fingerprint density at radius 2 is 2.40 bits per heavy atom. The molecule has 15 heavy (non-hydrogen) atoms. The number of nitrogens with one attached hydrogen (secondary N) is 1. The van der Waals surface area contributed by atoms with E-state index >= 15 is 0 Å². The lowest BCUT2D eigenvalue weighted by Crippen LogP contribution is -2.36. The molecular weight excluding hydrogens is 192 g/mol. The molecule has 2 N–H and O–H groups in total. The summed E-state index contributed by atoms with van der Waals surface area (Å²) >= 11 is 0. The second-order valence-electron chi connectivity index (χ2n) is 4.34. The predicted octanol–water partition coefficient (Wildman–Crippen LogP) is 0.215. The Hall–Kier alpha value is -0.610. The van der Waals surface area contributed by atoms with E-state index in [1.54, 1.807) is 0 Å². The lowest BCUT2D eigenvalue weighted by atomic mass is 10.1. The fraction of sp³-hybridized carbons (Fsp3) is 0.909. The average Bonchev–Trinajstić information content (AvgIpc) is 2.66. The van der Waals surface area contributed by atoms with Crippen molar-refractivity contribution >= 4 is 5.91 Å². The summed E-state index contributed by atoms with van der Waals surface area (Å²) < 4.78 is 0. The van der Waals surface area contributed by atoms with Gasteiger partial charge in [0.2, 0.25) is 5.91 Å². The van der Waals surface area contributed by atoms with Crippen LogP contribution < -0.4 is 5.32 Å². The first-order valence-corrected chi connectivity index (χ1v) is 5.79. The molecule has 1 heterocycles. The molecule has 4 nitrogen and oxygen atoms in total. The molecule has 1 rings (SSSR count). The van der Waals surface area contributed by atoms with Gasteiger partial charge in [0.15, 0.2) is 0 Å². The van der Waals surface area contributed by atoms with E-state index in [2.05, 4.69) is 5.32 Å². The molecular formula is C11H22N2O2. The van der Waals surface area contributed by atoms with Gasteiger partial charge in [-0.1, -0.05) is 6.92 Å². The van der Waals surface area contributed by atoms with Gasteiger partial charge >= 0.3 is 0 Å². The van der Waals surface area contributed by atoms with Crippen LogP contribution in [0.2, 0.25) is 0 Å². The average molecular weight is 214 g/mol. The molecule has 0 aromatic carbocycles. The quantitative estimate of drug-likeness (QED) is 0.688.